The molecule has 2 aromatic rings. The van der Waals surface area contributed by atoms with Crippen LogP contribution in [0.15, 0.2) is 47.4 Å². The molecule has 2 saturated heterocycles. The number of fused-ring (bicyclic) bond motifs is 3. The predicted octanol–water partition coefficient (Wildman–Crippen LogP) is 4.01. The highest BCUT2D eigenvalue weighted by Crippen LogP contribution is 2.42. The number of nitrogens with zero attached hydrogens (tertiary/aromatic N) is 3. The van der Waals surface area contributed by atoms with Crippen LogP contribution in [0.4, 0.5) is 24.5 Å². The predicted molar refractivity (Wildman–Crippen MR) is 117 cm³/mol. The van der Waals surface area contributed by atoms with Crippen molar-refractivity contribution in [1.29, 1.82) is 0 Å². The maximum absolute atomic E-state index is 13.4. The lowest BCUT2D eigenvalue weighted by Crippen LogP contribution is -2.50. The van der Waals surface area contributed by atoms with Gasteiger partial charge in [0.1, 0.15) is 6.04 Å². The monoisotopic (exact) mass is 479 g/mol. The third-order valence-corrected chi connectivity index (χ3v) is 8.54. The van der Waals surface area contributed by atoms with Gasteiger partial charge in [0.05, 0.1) is 28.4 Å². The van der Waals surface area contributed by atoms with Crippen molar-refractivity contribution in [2.24, 2.45) is 0 Å². The first-order valence-corrected chi connectivity index (χ1v) is 12.5. The van der Waals surface area contributed by atoms with Gasteiger partial charge in [-0.1, -0.05) is 12.1 Å². The zero-order valence-electron chi connectivity index (χ0n) is 17.9. The number of carbonyl (C=O) groups excluding carboxylic acids is 1. The minimum Gasteiger partial charge on any atom is -0.358 e. The Kier molecular flexibility index (Phi) is 5.40. The Morgan fingerprint density at radius 1 is 0.939 bits per heavy atom. The van der Waals surface area contributed by atoms with Crippen LogP contribution >= 0.6 is 0 Å². The number of alkyl halides is 3. The molecule has 3 aliphatic heterocycles. The third-order valence-electron chi connectivity index (χ3n) is 6.65. The molecular formula is C23H24F3N3O3S. The summed E-state index contributed by atoms with van der Waals surface area (Å²) in [7, 11) is -3.71. The van der Waals surface area contributed by atoms with Crippen molar-refractivity contribution in [3.8, 4) is 0 Å². The zero-order valence-corrected chi connectivity index (χ0v) is 18.7. The number of carbonyl (C=O) groups is 1. The van der Waals surface area contributed by atoms with E-state index in [-0.39, 0.29) is 23.4 Å². The van der Waals surface area contributed by atoms with E-state index >= 15 is 0 Å². The second-order valence-electron chi connectivity index (χ2n) is 8.74. The van der Waals surface area contributed by atoms with Gasteiger partial charge < -0.3 is 9.80 Å². The van der Waals surface area contributed by atoms with Crippen LogP contribution in [-0.2, 0) is 27.5 Å². The average molecular weight is 480 g/mol. The van der Waals surface area contributed by atoms with Gasteiger partial charge in [0.25, 0.3) is 0 Å². The standard InChI is InChI=1S/C23H24F3N3O3S/c24-23(25,26)17-6-3-5-16(13-17)15-29-21-14-18(33(31,32)27-10-1-2-11-27)8-9-19(21)28-12-4-7-20(28)22(29)30/h3,5-6,8-9,13-14,20H,1-2,4,7,10-12,15H2/t20-/m1/s1. The highest BCUT2D eigenvalue weighted by atomic mass is 32.2. The summed E-state index contributed by atoms with van der Waals surface area (Å²) >= 11 is 0. The smallest absolute Gasteiger partial charge is 0.358 e. The van der Waals surface area contributed by atoms with E-state index in [0.717, 1.165) is 37.1 Å². The van der Waals surface area contributed by atoms with Crippen LogP contribution in [0, 0.1) is 0 Å². The number of halogens is 3. The highest BCUT2D eigenvalue weighted by molar-refractivity contribution is 7.89. The highest BCUT2D eigenvalue weighted by Gasteiger charge is 2.42. The Hall–Kier alpha value is -2.59. The zero-order chi connectivity index (χ0) is 23.4. The summed E-state index contributed by atoms with van der Waals surface area (Å²) in [6.07, 6.45) is -1.40. The Bertz CT molecular complexity index is 1190. The molecule has 0 bridgehead atoms. The molecule has 0 N–H and O–H groups in total. The largest absolute Gasteiger partial charge is 0.416 e. The van der Waals surface area contributed by atoms with E-state index in [1.807, 2.05) is 4.90 Å². The second-order valence-corrected chi connectivity index (χ2v) is 10.7. The van der Waals surface area contributed by atoms with E-state index in [1.54, 1.807) is 18.2 Å². The van der Waals surface area contributed by atoms with Gasteiger partial charge in [0.15, 0.2) is 0 Å². The van der Waals surface area contributed by atoms with Crippen molar-refractivity contribution >= 4 is 27.3 Å². The fraction of sp³-hybridized carbons (Fsp3) is 0.435. The van der Waals surface area contributed by atoms with E-state index < -0.39 is 21.8 Å². The number of sulfonamides is 1. The third kappa shape index (κ3) is 3.89. The maximum Gasteiger partial charge on any atom is 0.416 e. The van der Waals surface area contributed by atoms with Crippen molar-refractivity contribution in [1.82, 2.24) is 4.31 Å². The molecule has 0 saturated carbocycles. The lowest BCUT2D eigenvalue weighted by molar-refractivity contribution is -0.137. The molecule has 0 spiro atoms. The summed E-state index contributed by atoms with van der Waals surface area (Å²) in [5.41, 5.74) is 0.723. The van der Waals surface area contributed by atoms with Crippen LogP contribution in [0.3, 0.4) is 0 Å². The maximum atomic E-state index is 13.4. The lowest BCUT2D eigenvalue weighted by Gasteiger charge is -2.40. The Morgan fingerprint density at radius 2 is 1.70 bits per heavy atom. The summed E-state index contributed by atoms with van der Waals surface area (Å²) in [6, 6.07) is 9.32. The fourth-order valence-electron chi connectivity index (χ4n) is 5.00. The quantitative estimate of drug-likeness (QED) is 0.665. The number of rotatable bonds is 4. The van der Waals surface area contributed by atoms with Gasteiger partial charge in [-0.05, 0) is 61.6 Å². The summed E-state index contributed by atoms with van der Waals surface area (Å²) in [6.45, 7) is 1.54. The molecule has 176 valence electrons. The number of benzene rings is 2. The summed E-state index contributed by atoms with van der Waals surface area (Å²) < 4.78 is 67.3. The molecule has 33 heavy (non-hydrogen) atoms. The summed E-state index contributed by atoms with van der Waals surface area (Å²) in [5.74, 6) is -0.215. The molecule has 1 amide bonds. The average Bonchev–Trinajstić information content (AvgIpc) is 3.49. The minimum absolute atomic E-state index is 0.0622. The van der Waals surface area contributed by atoms with Crippen LogP contribution < -0.4 is 9.80 Å². The van der Waals surface area contributed by atoms with Gasteiger partial charge in [-0.15, -0.1) is 0 Å². The normalized spacial score (nSPS) is 21.4. The van der Waals surface area contributed by atoms with Crippen LogP contribution in [0.1, 0.15) is 36.8 Å². The van der Waals surface area contributed by atoms with Gasteiger partial charge in [-0.2, -0.15) is 17.5 Å². The van der Waals surface area contributed by atoms with Crippen molar-refractivity contribution in [2.45, 2.75) is 49.3 Å². The number of hydrogen-bond donors (Lipinski definition) is 0. The van der Waals surface area contributed by atoms with Crippen molar-refractivity contribution in [2.75, 3.05) is 29.4 Å². The van der Waals surface area contributed by atoms with Gasteiger partial charge in [-0.25, -0.2) is 8.42 Å². The first-order valence-electron chi connectivity index (χ1n) is 11.0. The molecule has 3 heterocycles. The molecule has 1 atom stereocenters. The molecule has 0 radical (unpaired) electrons. The summed E-state index contributed by atoms with van der Waals surface area (Å²) in [5, 5.41) is 0. The van der Waals surface area contributed by atoms with E-state index in [1.165, 1.54) is 21.3 Å². The fourth-order valence-corrected chi connectivity index (χ4v) is 6.54. The molecule has 3 aliphatic rings. The van der Waals surface area contributed by atoms with E-state index in [9.17, 15) is 26.4 Å². The van der Waals surface area contributed by atoms with Crippen LogP contribution in [0.25, 0.3) is 0 Å². The molecule has 10 heteroatoms. The molecule has 0 unspecified atom stereocenters. The Labute approximate surface area is 190 Å². The molecule has 0 aliphatic carbocycles. The molecule has 0 aromatic heterocycles. The Morgan fingerprint density at radius 3 is 2.42 bits per heavy atom. The molecular weight excluding hydrogens is 455 g/mol. The first kappa shape index (κ1) is 22.2. The lowest BCUT2D eigenvalue weighted by atomic mass is 10.0. The van der Waals surface area contributed by atoms with E-state index in [0.29, 0.717) is 37.3 Å². The van der Waals surface area contributed by atoms with Crippen LogP contribution in [0.5, 0.6) is 0 Å². The Balaban J connectivity index is 1.56. The number of hydrogen-bond acceptors (Lipinski definition) is 4. The van der Waals surface area contributed by atoms with Gasteiger partial charge in [-0.3, -0.25) is 4.79 Å². The summed E-state index contributed by atoms with van der Waals surface area (Å²) in [4.78, 5) is 16.9. The van der Waals surface area contributed by atoms with E-state index in [2.05, 4.69) is 0 Å². The molecule has 2 aromatic carbocycles. The second kappa shape index (κ2) is 8.02. The van der Waals surface area contributed by atoms with Gasteiger partial charge >= 0.3 is 6.18 Å². The molecule has 6 nitrogen and oxygen atoms in total. The first-order chi connectivity index (χ1) is 15.7. The van der Waals surface area contributed by atoms with E-state index in [4.69, 9.17) is 0 Å². The van der Waals surface area contributed by atoms with Crippen molar-refractivity contribution < 1.29 is 26.4 Å². The van der Waals surface area contributed by atoms with Crippen LogP contribution in [-0.4, -0.2) is 44.3 Å². The number of amides is 1. The van der Waals surface area contributed by atoms with Crippen molar-refractivity contribution in [3.05, 3.63) is 53.6 Å². The van der Waals surface area contributed by atoms with Gasteiger partial charge in [0, 0.05) is 19.6 Å². The minimum atomic E-state index is -4.49. The topological polar surface area (TPSA) is 60.9 Å². The molecule has 5 rings (SSSR count). The van der Waals surface area contributed by atoms with Crippen LogP contribution in [0.2, 0.25) is 0 Å². The number of anilines is 2. The van der Waals surface area contributed by atoms with Crippen molar-refractivity contribution in [3.63, 3.8) is 0 Å². The van der Waals surface area contributed by atoms with Gasteiger partial charge in [0.2, 0.25) is 15.9 Å². The SMILES string of the molecule is O=C1[C@H]2CCCN2c2ccc(S(=O)(=O)N3CCCC3)cc2N1Cc1cccc(C(F)(F)F)c1. The molecule has 2 fully saturated rings.